The minimum atomic E-state index is -3.06. The van der Waals surface area contributed by atoms with Gasteiger partial charge < -0.3 is 20.9 Å². The van der Waals surface area contributed by atoms with E-state index in [0.717, 1.165) is 29.5 Å². The van der Waals surface area contributed by atoms with Crippen LogP contribution in [0, 0.1) is 0 Å². The highest BCUT2D eigenvalue weighted by Crippen LogP contribution is 2.46. The molecule has 4 N–H and O–H groups in total. The summed E-state index contributed by atoms with van der Waals surface area (Å²) in [5.74, 6) is 0.0831. The highest BCUT2D eigenvalue weighted by atomic mass is 35.5. The van der Waals surface area contributed by atoms with Crippen molar-refractivity contribution in [2.24, 2.45) is 10.7 Å². The van der Waals surface area contributed by atoms with Crippen LogP contribution in [0.3, 0.4) is 0 Å². The molecule has 1 aromatic rings. The lowest BCUT2D eigenvalue weighted by molar-refractivity contribution is -0.0944. The molecule has 9 heteroatoms. The number of sulfone groups is 1. The predicted octanol–water partition coefficient (Wildman–Crippen LogP) is 1.91. The van der Waals surface area contributed by atoms with Crippen molar-refractivity contribution in [2.75, 3.05) is 25.2 Å². The van der Waals surface area contributed by atoms with E-state index in [4.69, 9.17) is 22.1 Å². The lowest BCUT2D eigenvalue weighted by Gasteiger charge is -2.47. The Morgan fingerprint density at radius 1 is 1.48 bits per heavy atom. The van der Waals surface area contributed by atoms with Crippen LogP contribution >= 0.6 is 11.6 Å². The van der Waals surface area contributed by atoms with E-state index >= 15 is 0 Å². The zero-order valence-electron chi connectivity index (χ0n) is 16.7. The summed E-state index contributed by atoms with van der Waals surface area (Å²) >= 11 is 6.21. The van der Waals surface area contributed by atoms with Gasteiger partial charge in [-0.15, -0.1) is 0 Å². The fourth-order valence-corrected chi connectivity index (χ4v) is 4.83. The molecule has 0 radical (unpaired) electrons. The van der Waals surface area contributed by atoms with Gasteiger partial charge >= 0.3 is 0 Å². The molecule has 0 saturated carbocycles. The summed E-state index contributed by atoms with van der Waals surface area (Å²) in [7, 11) is -3.06. The van der Waals surface area contributed by atoms with Crippen LogP contribution in [0.4, 0.5) is 0 Å². The topological polar surface area (TPSA) is 114 Å². The number of nitrogens with one attached hydrogen (secondary N) is 1. The quantitative estimate of drug-likeness (QED) is 0.601. The number of phenolic OH excluding ortho intramolecular Hbond substituents is 1. The van der Waals surface area contributed by atoms with Gasteiger partial charge in [-0.2, -0.15) is 0 Å². The van der Waals surface area contributed by atoms with Crippen LogP contribution < -0.4 is 11.1 Å². The zero-order valence-corrected chi connectivity index (χ0v) is 18.3. The summed E-state index contributed by atoms with van der Waals surface area (Å²) in [5, 5.41) is 13.8. The van der Waals surface area contributed by atoms with Gasteiger partial charge in [0.2, 0.25) is 0 Å². The lowest BCUT2D eigenvalue weighted by atomic mass is 9.74. The van der Waals surface area contributed by atoms with E-state index in [1.807, 2.05) is 6.07 Å². The van der Waals surface area contributed by atoms with Gasteiger partial charge in [0.25, 0.3) is 0 Å². The van der Waals surface area contributed by atoms with E-state index < -0.39 is 15.4 Å². The van der Waals surface area contributed by atoms with Crippen LogP contribution in [0.1, 0.15) is 30.9 Å². The van der Waals surface area contributed by atoms with Crippen LogP contribution in [0.25, 0.3) is 0 Å². The number of nitrogens with zero attached hydrogens (tertiary/aromatic N) is 1. The van der Waals surface area contributed by atoms with Crippen molar-refractivity contribution >= 4 is 27.7 Å². The van der Waals surface area contributed by atoms with Gasteiger partial charge in [0.1, 0.15) is 15.6 Å². The third kappa shape index (κ3) is 5.12. The van der Waals surface area contributed by atoms with E-state index in [-0.39, 0.29) is 30.1 Å². The fourth-order valence-electron chi connectivity index (χ4n) is 4.23. The first-order valence-corrected chi connectivity index (χ1v) is 12.1. The molecule has 7 nitrogen and oxygen atoms in total. The smallest absolute Gasteiger partial charge is 0.149 e. The maximum Gasteiger partial charge on any atom is 0.149 e. The summed E-state index contributed by atoms with van der Waals surface area (Å²) in [4.78, 5) is 4.24. The molecule has 1 saturated heterocycles. The van der Waals surface area contributed by atoms with Gasteiger partial charge in [-0.3, -0.25) is 4.99 Å². The van der Waals surface area contributed by atoms with Gasteiger partial charge in [0.05, 0.1) is 29.5 Å². The van der Waals surface area contributed by atoms with Crippen molar-refractivity contribution < 1.29 is 18.3 Å². The molecular weight excluding hydrogens is 414 g/mol. The molecule has 1 aromatic carbocycles. The first kappa shape index (κ1) is 22.1. The largest absolute Gasteiger partial charge is 0.506 e. The number of halogens is 1. The Kier molecular flexibility index (Phi) is 6.57. The zero-order chi connectivity index (χ0) is 21.2. The fraction of sp³-hybridized carbons (Fsp3) is 0.550. The van der Waals surface area contributed by atoms with Crippen molar-refractivity contribution in [3.63, 3.8) is 0 Å². The monoisotopic (exact) mass is 441 g/mol. The number of aliphatic imine (C=N–C) groups is 1. The van der Waals surface area contributed by atoms with Crippen molar-refractivity contribution in [3.8, 4) is 5.75 Å². The molecule has 0 amide bonds. The Hall–Kier alpha value is -1.61. The van der Waals surface area contributed by atoms with Crippen LogP contribution in [-0.2, 0) is 26.6 Å². The first-order chi connectivity index (χ1) is 13.6. The molecule has 0 aliphatic carbocycles. The van der Waals surface area contributed by atoms with E-state index in [0.29, 0.717) is 18.1 Å². The first-order valence-electron chi connectivity index (χ1n) is 9.65. The van der Waals surface area contributed by atoms with Crippen molar-refractivity contribution in [1.29, 1.82) is 0 Å². The van der Waals surface area contributed by atoms with E-state index in [1.54, 1.807) is 12.3 Å². The van der Waals surface area contributed by atoms with Crippen molar-refractivity contribution in [3.05, 3.63) is 40.1 Å². The molecule has 2 aliphatic rings. The molecule has 3 atom stereocenters. The molecule has 2 heterocycles. The maximum absolute atomic E-state index is 11.3. The molecule has 3 unspecified atom stereocenters. The SMILES string of the molecule is CC1CC2(CC(/C(C=NCCS(C)(=O)=O)=C/N)N1)OCCc1cc(O)c(Cl)cc12. The van der Waals surface area contributed by atoms with E-state index in [2.05, 4.69) is 17.2 Å². The Morgan fingerprint density at radius 2 is 2.24 bits per heavy atom. The Balaban J connectivity index is 1.86. The predicted molar refractivity (Wildman–Crippen MR) is 115 cm³/mol. The second kappa shape index (κ2) is 8.63. The molecular formula is C20H28ClN3O4S. The average Bonchev–Trinajstić information content (AvgIpc) is 2.62. The van der Waals surface area contributed by atoms with Gasteiger partial charge in [-0.25, -0.2) is 8.42 Å². The normalized spacial score (nSPS) is 28.0. The minimum absolute atomic E-state index is 0.00172. The number of piperidine rings is 1. The lowest BCUT2D eigenvalue weighted by Crippen LogP contribution is -2.54. The number of aromatic hydroxyl groups is 1. The summed E-state index contributed by atoms with van der Waals surface area (Å²) in [6, 6.07) is 3.58. The average molecular weight is 442 g/mol. The Labute approximate surface area is 176 Å². The molecule has 0 bridgehead atoms. The van der Waals surface area contributed by atoms with Crippen LogP contribution in [0.2, 0.25) is 5.02 Å². The Bertz CT molecular complexity index is 932. The number of rotatable bonds is 5. The highest BCUT2D eigenvalue weighted by molar-refractivity contribution is 7.90. The standard InChI is InChI=1S/C20H28ClN3O4S/c1-13-9-20(16-8-17(21)19(25)7-14(16)3-5-28-20)10-18(24-13)15(11-22)12-23-4-6-29(2,26)27/h7-8,11-13,18,24-25H,3-6,9-10,22H2,1-2H3/b15-11+,23-12?. The molecule has 1 spiro atoms. The molecule has 29 heavy (non-hydrogen) atoms. The number of fused-ring (bicyclic) bond motifs is 2. The van der Waals surface area contributed by atoms with Gasteiger partial charge in [-0.05, 0) is 43.0 Å². The van der Waals surface area contributed by atoms with Gasteiger partial charge in [-0.1, -0.05) is 11.6 Å². The van der Waals surface area contributed by atoms with E-state index in [9.17, 15) is 13.5 Å². The summed E-state index contributed by atoms with van der Waals surface area (Å²) < 4.78 is 28.9. The Morgan fingerprint density at radius 3 is 2.93 bits per heavy atom. The van der Waals surface area contributed by atoms with E-state index in [1.165, 1.54) is 12.5 Å². The summed E-state index contributed by atoms with van der Waals surface area (Å²) in [6.45, 7) is 2.85. The van der Waals surface area contributed by atoms with Crippen LogP contribution in [0.15, 0.2) is 28.9 Å². The third-order valence-corrected chi connectivity index (χ3v) is 6.72. The number of hydrogen-bond acceptors (Lipinski definition) is 7. The minimum Gasteiger partial charge on any atom is -0.506 e. The number of hydrogen-bond donors (Lipinski definition) is 3. The maximum atomic E-state index is 11.3. The summed E-state index contributed by atoms with van der Waals surface area (Å²) in [5.41, 5.74) is 8.17. The van der Waals surface area contributed by atoms with Gasteiger partial charge in [0, 0.05) is 42.7 Å². The van der Waals surface area contributed by atoms with Gasteiger partial charge in [0.15, 0.2) is 0 Å². The number of phenols is 1. The number of benzene rings is 1. The van der Waals surface area contributed by atoms with Crippen LogP contribution in [0.5, 0.6) is 5.75 Å². The number of ether oxygens (including phenoxy) is 1. The molecule has 0 aromatic heterocycles. The van der Waals surface area contributed by atoms with Crippen LogP contribution in [-0.4, -0.2) is 57.0 Å². The molecule has 2 aliphatic heterocycles. The second-order valence-electron chi connectivity index (χ2n) is 7.91. The third-order valence-electron chi connectivity index (χ3n) is 5.50. The molecule has 3 rings (SSSR count). The van der Waals surface area contributed by atoms with Crippen molar-refractivity contribution in [1.82, 2.24) is 5.32 Å². The van der Waals surface area contributed by atoms with Crippen molar-refractivity contribution in [2.45, 2.75) is 43.9 Å². The highest BCUT2D eigenvalue weighted by Gasteiger charge is 2.45. The summed E-state index contributed by atoms with van der Waals surface area (Å²) in [6.07, 6.45) is 6.45. The number of nitrogens with two attached hydrogens (primary N) is 1. The second-order valence-corrected chi connectivity index (χ2v) is 10.6. The molecule has 160 valence electrons. The molecule has 1 fully saturated rings.